The van der Waals surface area contributed by atoms with Crippen LogP contribution >= 0.6 is 45.5 Å². The Bertz CT molecular complexity index is 715. The van der Waals surface area contributed by atoms with Crippen LogP contribution in [-0.2, 0) is 6.42 Å². The van der Waals surface area contributed by atoms with Crippen LogP contribution in [0.5, 0.6) is 0 Å². The molecule has 0 radical (unpaired) electrons. The molecule has 0 aliphatic rings. The molecule has 0 aliphatic carbocycles. The summed E-state index contributed by atoms with van der Waals surface area (Å²) in [5.41, 5.74) is 1.28. The number of fused-ring (bicyclic) bond motifs is 3. The Kier molecular flexibility index (Phi) is 3.05. The lowest BCUT2D eigenvalue weighted by Crippen LogP contribution is -1.81. The maximum absolute atomic E-state index is 6.27. The number of benzene rings is 2. The second kappa shape index (κ2) is 4.41. The van der Waals surface area contributed by atoms with E-state index in [9.17, 15) is 0 Å². The lowest BCUT2D eigenvalue weighted by Gasteiger charge is -2.01. The highest BCUT2D eigenvalue weighted by Gasteiger charge is 2.10. The van der Waals surface area contributed by atoms with Crippen LogP contribution in [0.15, 0.2) is 30.3 Å². The van der Waals surface area contributed by atoms with Crippen LogP contribution in [0.1, 0.15) is 12.5 Å². The molecule has 3 aromatic rings. The molecular formula is C14H10ClIS. The fourth-order valence-electron chi connectivity index (χ4n) is 2.17. The maximum Gasteiger partial charge on any atom is 0.0452 e. The summed E-state index contributed by atoms with van der Waals surface area (Å²) < 4.78 is 3.98. The van der Waals surface area contributed by atoms with Gasteiger partial charge in [-0.1, -0.05) is 30.7 Å². The van der Waals surface area contributed by atoms with Crippen LogP contribution < -0.4 is 0 Å². The van der Waals surface area contributed by atoms with Gasteiger partial charge in [0, 0.05) is 28.8 Å². The summed E-state index contributed by atoms with van der Waals surface area (Å²) in [5.74, 6) is 0. The standard InChI is InChI=1S/C14H10ClIS/c1-2-9-12(15)6-5-11-10-4-3-8(16)7-13(10)17-14(9)11/h3-7H,2H2,1H3. The molecule has 2 aromatic carbocycles. The van der Waals surface area contributed by atoms with Crippen molar-refractivity contribution in [3.63, 3.8) is 0 Å². The predicted molar refractivity (Wildman–Crippen MR) is 86.4 cm³/mol. The molecule has 0 spiro atoms. The third-order valence-corrected chi connectivity index (χ3v) is 5.26. The predicted octanol–water partition coefficient (Wildman–Crippen LogP) is 5.87. The van der Waals surface area contributed by atoms with Crippen molar-refractivity contribution in [1.82, 2.24) is 0 Å². The number of aryl methyl sites for hydroxylation is 1. The van der Waals surface area contributed by atoms with Gasteiger partial charge in [-0.3, -0.25) is 0 Å². The van der Waals surface area contributed by atoms with Gasteiger partial charge >= 0.3 is 0 Å². The van der Waals surface area contributed by atoms with Gasteiger partial charge in [-0.25, -0.2) is 0 Å². The quantitative estimate of drug-likeness (QED) is 0.468. The number of halogens is 2. The molecule has 0 N–H and O–H groups in total. The monoisotopic (exact) mass is 372 g/mol. The van der Waals surface area contributed by atoms with E-state index in [1.165, 1.54) is 29.3 Å². The number of hydrogen-bond acceptors (Lipinski definition) is 1. The van der Waals surface area contributed by atoms with Crippen LogP contribution in [0.4, 0.5) is 0 Å². The second-order valence-electron chi connectivity index (χ2n) is 4.00. The van der Waals surface area contributed by atoms with Gasteiger partial charge in [0.2, 0.25) is 0 Å². The molecule has 1 aromatic heterocycles. The summed E-state index contributed by atoms with van der Waals surface area (Å²) in [6.07, 6.45) is 0.986. The van der Waals surface area contributed by atoms with E-state index in [-0.39, 0.29) is 0 Å². The average molecular weight is 373 g/mol. The minimum Gasteiger partial charge on any atom is -0.135 e. The first-order chi connectivity index (χ1) is 8.20. The maximum atomic E-state index is 6.27. The lowest BCUT2D eigenvalue weighted by atomic mass is 10.1. The SMILES string of the molecule is CCc1c(Cl)ccc2c1sc1cc(I)ccc12. The first-order valence-corrected chi connectivity index (χ1v) is 7.77. The number of thiophene rings is 1. The molecule has 0 saturated carbocycles. The summed E-state index contributed by atoms with van der Waals surface area (Å²) >= 11 is 10.5. The lowest BCUT2D eigenvalue weighted by molar-refractivity contribution is 1.16. The first-order valence-electron chi connectivity index (χ1n) is 5.50. The zero-order chi connectivity index (χ0) is 12.0. The molecule has 0 unspecified atom stereocenters. The Morgan fingerprint density at radius 2 is 1.94 bits per heavy atom. The Morgan fingerprint density at radius 3 is 2.71 bits per heavy atom. The number of rotatable bonds is 1. The molecular weight excluding hydrogens is 363 g/mol. The molecule has 0 amide bonds. The summed E-state index contributed by atoms with van der Waals surface area (Å²) in [4.78, 5) is 0. The first kappa shape index (κ1) is 11.8. The molecule has 3 rings (SSSR count). The number of hydrogen-bond donors (Lipinski definition) is 0. The van der Waals surface area contributed by atoms with Gasteiger partial charge in [0.15, 0.2) is 0 Å². The Morgan fingerprint density at radius 1 is 1.18 bits per heavy atom. The average Bonchev–Trinajstić information content (AvgIpc) is 2.66. The van der Waals surface area contributed by atoms with Crippen LogP contribution in [0.3, 0.4) is 0 Å². The largest absolute Gasteiger partial charge is 0.135 e. The van der Waals surface area contributed by atoms with E-state index in [0.717, 1.165) is 11.4 Å². The Balaban J connectivity index is 2.50. The third-order valence-electron chi connectivity index (χ3n) is 3.00. The van der Waals surface area contributed by atoms with Crippen molar-refractivity contribution in [3.8, 4) is 0 Å². The topological polar surface area (TPSA) is 0 Å². The van der Waals surface area contributed by atoms with Crippen molar-refractivity contribution in [2.24, 2.45) is 0 Å². The van der Waals surface area contributed by atoms with E-state index in [0.29, 0.717) is 0 Å². The van der Waals surface area contributed by atoms with Crippen LogP contribution in [0.2, 0.25) is 5.02 Å². The highest BCUT2D eigenvalue weighted by atomic mass is 127. The van der Waals surface area contributed by atoms with E-state index in [4.69, 9.17) is 11.6 Å². The summed E-state index contributed by atoms with van der Waals surface area (Å²) in [6.45, 7) is 2.16. The summed E-state index contributed by atoms with van der Waals surface area (Å²) in [7, 11) is 0. The van der Waals surface area contributed by atoms with E-state index >= 15 is 0 Å². The highest BCUT2D eigenvalue weighted by Crippen LogP contribution is 2.39. The van der Waals surface area contributed by atoms with Gasteiger partial charge in [0.1, 0.15) is 0 Å². The molecule has 0 saturated heterocycles. The molecule has 0 atom stereocenters. The van der Waals surface area contributed by atoms with Crippen molar-refractivity contribution >= 4 is 65.7 Å². The molecule has 0 fully saturated rings. The van der Waals surface area contributed by atoms with Crippen molar-refractivity contribution < 1.29 is 0 Å². The molecule has 3 heteroatoms. The van der Waals surface area contributed by atoms with Crippen LogP contribution in [0.25, 0.3) is 20.2 Å². The van der Waals surface area contributed by atoms with E-state index < -0.39 is 0 Å². The fraction of sp³-hybridized carbons (Fsp3) is 0.143. The fourth-order valence-corrected chi connectivity index (χ4v) is 4.58. The van der Waals surface area contributed by atoms with E-state index in [2.05, 4.69) is 53.8 Å². The van der Waals surface area contributed by atoms with Crippen molar-refractivity contribution in [2.75, 3.05) is 0 Å². The minimum absolute atomic E-state index is 0.890. The second-order valence-corrected chi connectivity index (χ2v) is 6.70. The minimum atomic E-state index is 0.890. The third kappa shape index (κ3) is 1.86. The van der Waals surface area contributed by atoms with Crippen LogP contribution in [0, 0.1) is 3.57 Å². The summed E-state index contributed by atoms with van der Waals surface area (Å²) in [6, 6.07) is 10.8. The van der Waals surface area contributed by atoms with Crippen molar-refractivity contribution in [1.29, 1.82) is 0 Å². The smallest absolute Gasteiger partial charge is 0.0452 e. The van der Waals surface area contributed by atoms with Gasteiger partial charge in [0.25, 0.3) is 0 Å². The summed E-state index contributed by atoms with van der Waals surface area (Å²) in [5, 5.41) is 3.57. The molecule has 1 heterocycles. The zero-order valence-electron chi connectivity index (χ0n) is 9.26. The molecule has 86 valence electrons. The molecule has 0 aliphatic heterocycles. The van der Waals surface area contributed by atoms with Gasteiger partial charge in [-0.05, 0) is 52.8 Å². The van der Waals surface area contributed by atoms with Gasteiger partial charge in [-0.2, -0.15) is 0 Å². The van der Waals surface area contributed by atoms with E-state index in [1.54, 1.807) is 0 Å². The van der Waals surface area contributed by atoms with Crippen LogP contribution in [-0.4, -0.2) is 0 Å². The van der Waals surface area contributed by atoms with Gasteiger partial charge in [-0.15, -0.1) is 11.3 Å². The van der Waals surface area contributed by atoms with Gasteiger partial charge < -0.3 is 0 Å². The van der Waals surface area contributed by atoms with Crippen molar-refractivity contribution in [3.05, 3.63) is 44.5 Å². The highest BCUT2D eigenvalue weighted by molar-refractivity contribution is 14.1. The van der Waals surface area contributed by atoms with Gasteiger partial charge in [0.05, 0.1) is 0 Å². The Labute approximate surface area is 123 Å². The normalized spacial score (nSPS) is 11.5. The van der Waals surface area contributed by atoms with E-state index in [1.807, 2.05) is 17.4 Å². The zero-order valence-corrected chi connectivity index (χ0v) is 13.0. The molecule has 0 nitrogen and oxygen atoms in total. The Hall–Kier alpha value is -0.320. The molecule has 17 heavy (non-hydrogen) atoms. The van der Waals surface area contributed by atoms with Crippen molar-refractivity contribution in [2.45, 2.75) is 13.3 Å². The molecule has 0 bridgehead atoms.